The van der Waals surface area contributed by atoms with Crippen molar-refractivity contribution in [3.05, 3.63) is 59.7 Å². The van der Waals surface area contributed by atoms with Gasteiger partial charge in [0.1, 0.15) is 10.6 Å². The molecule has 6 nitrogen and oxygen atoms in total. The Hall–Kier alpha value is -2.71. The number of hydrogen-bond donors (Lipinski definition) is 1. The van der Waals surface area contributed by atoms with Crippen molar-refractivity contribution in [1.29, 1.82) is 0 Å². The smallest absolute Gasteiger partial charge is 0.341 e. The molecule has 8 heteroatoms. The van der Waals surface area contributed by atoms with E-state index in [9.17, 15) is 18.0 Å². The number of carbonyl (C=O) groups is 2. The van der Waals surface area contributed by atoms with E-state index in [2.05, 4.69) is 5.32 Å². The molecule has 0 saturated heterocycles. The normalized spacial score (nSPS) is 11.4. The summed E-state index contributed by atoms with van der Waals surface area (Å²) in [5.41, 5.74) is 1.23. The van der Waals surface area contributed by atoms with Crippen molar-refractivity contribution in [2.45, 2.75) is 18.2 Å². The van der Waals surface area contributed by atoms with Crippen LogP contribution < -0.4 is 5.32 Å². The van der Waals surface area contributed by atoms with Gasteiger partial charge in [0, 0.05) is 16.5 Å². The number of thiophene rings is 1. The number of hydrogen-bond acceptors (Lipinski definition) is 6. The molecule has 0 aliphatic carbocycles. The first kappa shape index (κ1) is 20.0. The molecule has 0 aliphatic heterocycles. The molecule has 2 aromatic carbocycles. The van der Waals surface area contributed by atoms with Crippen molar-refractivity contribution in [1.82, 2.24) is 0 Å². The second kappa shape index (κ2) is 8.12. The van der Waals surface area contributed by atoms with Crippen LogP contribution in [0.1, 0.15) is 22.3 Å². The third-order valence-electron chi connectivity index (χ3n) is 4.22. The molecule has 1 aromatic heterocycles. The van der Waals surface area contributed by atoms with E-state index in [1.165, 1.54) is 30.6 Å². The van der Waals surface area contributed by atoms with Crippen molar-refractivity contribution < 1.29 is 22.7 Å². The highest BCUT2D eigenvalue weighted by Gasteiger charge is 2.22. The molecule has 0 atom stereocenters. The molecule has 0 unspecified atom stereocenters. The first-order valence-corrected chi connectivity index (χ1v) is 11.0. The third-order valence-corrected chi connectivity index (χ3v) is 7.03. The van der Waals surface area contributed by atoms with E-state index in [-0.39, 0.29) is 22.6 Å². The fourth-order valence-electron chi connectivity index (χ4n) is 2.72. The first-order valence-electron chi connectivity index (χ1n) is 8.51. The summed E-state index contributed by atoms with van der Waals surface area (Å²) in [7, 11) is -2.30. The summed E-state index contributed by atoms with van der Waals surface area (Å²) in [4.78, 5) is 24.7. The average molecular weight is 418 g/mol. The van der Waals surface area contributed by atoms with Crippen LogP contribution in [0.2, 0.25) is 0 Å². The van der Waals surface area contributed by atoms with E-state index in [0.29, 0.717) is 10.4 Å². The summed E-state index contributed by atoms with van der Waals surface area (Å²) >= 11 is 1.25. The fraction of sp³-hybridized carbons (Fsp3) is 0.200. The fourth-order valence-corrected chi connectivity index (χ4v) is 5.07. The van der Waals surface area contributed by atoms with Gasteiger partial charge in [-0.05, 0) is 25.1 Å². The van der Waals surface area contributed by atoms with Gasteiger partial charge in [-0.2, -0.15) is 0 Å². The molecule has 0 spiro atoms. The van der Waals surface area contributed by atoms with Gasteiger partial charge in [0.25, 0.3) is 0 Å². The lowest BCUT2D eigenvalue weighted by Gasteiger charge is -2.07. The zero-order chi connectivity index (χ0) is 20.3. The number of anilines is 1. The predicted molar refractivity (Wildman–Crippen MR) is 110 cm³/mol. The molecule has 0 saturated carbocycles. The molecular weight excluding hydrogens is 398 g/mol. The number of aryl methyl sites for hydroxylation is 1. The Balaban J connectivity index is 1.76. The predicted octanol–water partition coefficient (Wildman–Crippen LogP) is 3.80. The van der Waals surface area contributed by atoms with E-state index >= 15 is 0 Å². The Morgan fingerprint density at radius 3 is 2.43 bits per heavy atom. The van der Waals surface area contributed by atoms with E-state index < -0.39 is 21.7 Å². The highest BCUT2D eigenvalue weighted by Crippen LogP contribution is 2.36. The Morgan fingerprint density at radius 1 is 1.07 bits per heavy atom. The Morgan fingerprint density at radius 2 is 1.75 bits per heavy atom. The number of rotatable bonds is 6. The number of nitrogens with one attached hydrogen (secondary N) is 1. The first-order chi connectivity index (χ1) is 13.3. The quantitative estimate of drug-likeness (QED) is 0.616. The lowest BCUT2D eigenvalue weighted by Crippen LogP contribution is -2.18. The molecule has 28 heavy (non-hydrogen) atoms. The van der Waals surface area contributed by atoms with Crippen LogP contribution in [0.15, 0.2) is 53.4 Å². The van der Waals surface area contributed by atoms with Gasteiger partial charge in [-0.15, -0.1) is 11.3 Å². The number of carbonyl (C=O) groups excluding carboxylic acids is 2. The Bertz CT molecular complexity index is 1130. The highest BCUT2D eigenvalue weighted by atomic mass is 32.2. The second-order valence-corrected chi connectivity index (χ2v) is 9.39. The van der Waals surface area contributed by atoms with Crippen LogP contribution in [0.4, 0.5) is 5.00 Å². The van der Waals surface area contributed by atoms with E-state index in [1.54, 1.807) is 24.3 Å². The van der Waals surface area contributed by atoms with Crippen molar-refractivity contribution in [2.24, 2.45) is 0 Å². The minimum absolute atomic E-state index is 0.183. The van der Waals surface area contributed by atoms with E-state index in [0.717, 1.165) is 10.3 Å². The number of methoxy groups -OCH3 is 1. The van der Waals surface area contributed by atoms with Gasteiger partial charge in [0.15, 0.2) is 9.84 Å². The standard InChI is InChI=1S/C20H19NO5S2/c1-13-7-9-14(10-8-13)28(24,25)12-11-17(22)21-19-18(20(23)26-2)15-5-3-4-6-16(15)27-19/h3-10H,11-12H2,1-2H3,(H,21,22). The SMILES string of the molecule is COC(=O)c1c(NC(=O)CCS(=O)(=O)c2ccc(C)cc2)sc2ccccc12. The minimum atomic E-state index is -3.57. The van der Waals surface area contributed by atoms with Gasteiger partial charge >= 0.3 is 5.97 Å². The molecule has 1 heterocycles. The minimum Gasteiger partial charge on any atom is -0.465 e. The van der Waals surface area contributed by atoms with E-state index in [4.69, 9.17) is 4.74 Å². The number of esters is 1. The molecule has 0 radical (unpaired) electrons. The zero-order valence-corrected chi connectivity index (χ0v) is 17.0. The monoisotopic (exact) mass is 417 g/mol. The third kappa shape index (κ3) is 4.23. The average Bonchev–Trinajstić information content (AvgIpc) is 3.04. The van der Waals surface area contributed by atoms with Crippen molar-refractivity contribution in [3.8, 4) is 0 Å². The Kier molecular flexibility index (Phi) is 5.81. The summed E-state index contributed by atoms with van der Waals surface area (Å²) in [6.45, 7) is 1.87. The van der Waals surface area contributed by atoms with Gasteiger partial charge in [0.2, 0.25) is 5.91 Å². The molecule has 1 N–H and O–H groups in total. The topological polar surface area (TPSA) is 89.5 Å². The summed E-state index contributed by atoms with van der Waals surface area (Å²) in [6.07, 6.45) is -0.217. The number of sulfone groups is 1. The lowest BCUT2D eigenvalue weighted by molar-refractivity contribution is -0.115. The maximum atomic E-state index is 12.4. The largest absolute Gasteiger partial charge is 0.465 e. The Labute approximate surface area is 167 Å². The molecule has 0 aliphatic rings. The number of ether oxygens (including phenoxy) is 1. The zero-order valence-electron chi connectivity index (χ0n) is 15.4. The van der Waals surface area contributed by atoms with Crippen LogP contribution in [0.5, 0.6) is 0 Å². The van der Waals surface area contributed by atoms with E-state index in [1.807, 2.05) is 19.1 Å². The number of fused-ring (bicyclic) bond motifs is 1. The maximum Gasteiger partial charge on any atom is 0.341 e. The van der Waals surface area contributed by atoms with Crippen molar-refractivity contribution >= 4 is 48.1 Å². The van der Waals surface area contributed by atoms with Crippen LogP contribution >= 0.6 is 11.3 Å². The lowest BCUT2D eigenvalue weighted by atomic mass is 10.1. The van der Waals surface area contributed by atoms with Gasteiger partial charge in [0.05, 0.1) is 17.8 Å². The number of amides is 1. The highest BCUT2D eigenvalue weighted by molar-refractivity contribution is 7.91. The maximum absolute atomic E-state index is 12.4. The van der Waals surface area contributed by atoms with Crippen LogP contribution in [0.3, 0.4) is 0 Å². The van der Waals surface area contributed by atoms with Crippen molar-refractivity contribution in [2.75, 3.05) is 18.2 Å². The second-order valence-electron chi connectivity index (χ2n) is 6.22. The van der Waals surface area contributed by atoms with Gasteiger partial charge < -0.3 is 10.1 Å². The van der Waals surface area contributed by atoms with Crippen LogP contribution in [0, 0.1) is 6.92 Å². The van der Waals surface area contributed by atoms with Crippen LogP contribution in [-0.4, -0.2) is 33.2 Å². The molecule has 0 bridgehead atoms. The summed E-state index contributed by atoms with van der Waals surface area (Å²) in [5.74, 6) is -1.35. The molecule has 146 valence electrons. The molecule has 3 rings (SSSR count). The van der Waals surface area contributed by atoms with Gasteiger partial charge in [-0.1, -0.05) is 35.9 Å². The molecule has 3 aromatic rings. The summed E-state index contributed by atoms with van der Waals surface area (Å²) in [6, 6.07) is 13.7. The number of benzene rings is 2. The molecule has 1 amide bonds. The van der Waals surface area contributed by atoms with Crippen molar-refractivity contribution in [3.63, 3.8) is 0 Å². The van der Waals surface area contributed by atoms with Gasteiger partial charge in [-0.25, -0.2) is 13.2 Å². The molecular formula is C20H19NO5S2. The summed E-state index contributed by atoms with van der Waals surface area (Å²) < 4.78 is 30.5. The van der Waals surface area contributed by atoms with Crippen LogP contribution in [-0.2, 0) is 19.4 Å². The van der Waals surface area contributed by atoms with Gasteiger partial charge in [-0.3, -0.25) is 4.79 Å². The van der Waals surface area contributed by atoms with Crippen LogP contribution in [0.25, 0.3) is 10.1 Å². The molecule has 0 fully saturated rings. The summed E-state index contributed by atoms with van der Waals surface area (Å²) in [5, 5.41) is 3.70.